The minimum absolute atomic E-state index is 0.751. The van der Waals surface area contributed by atoms with Crippen LogP contribution in [-0.2, 0) is 6.54 Å². The van der Waals surface area contributed by atoms with Crippen molar-refractivity contribution in [1.82, 2.24) is 5.32 Å². The second kappa shape index (κ2) is 5.84. The molecule has 1 aliphatic rings. The maximum Gasteiger partial charge on any atom is 0.119 e. The van der Waals surface area contributed by atoms with E-state index in [1.807, 2.05) is 6.07 Å². The molecule has 0 bridgehead atoms. The highest BCUT2D eigenvalue weighted by Crippen LogP contribution is 2.34. The Balaban J connectivity index is 1.64. The van der Waals surface area contributed by atoms with Crippen molar-refractivity contribution in [2.45, 2.75) is 38.8 Å². The molecule has 2 nitrogen and oxygen atoms in total. The third kappa shape index (κ3) is 2.96. The minimum Gasteiger partial charge on any atom is -0.497 e. The van der Waals surface area contributed by atoms with Crippen molar-refractivity contribution in [2.24, 2.45) is 5.92 Å². The Labute approximate surface area is 121 Å². The normalized spacial score (nSPS) is 21.1. The fraction of sp³-hybridized carbons (Fsp3) is 0.444. The van der Waals surface area contributed by atoms with Crippen LogP contribution in [0.3, 0.4) is 0 Å². The zero-order valence-electron chi connectivity index (χ0n) is 12.4. The quantitative estimate of drug-likeness (QED) is 0.851. The highest BCUT2D eigenvalue weighted by molar-refractivity contribution is 5.84. The molecule has 2 unspecified atom stereocenters. The first kappa shape index (κ1) is 13.4. The molecule has 0 aliphatic heterocycles. The van der Waals surface area contributed by atoms with Crippen LogP contribution in [0.5, 0.6) is 5.75 Å². The van der Waals surface area contributed by atoms with Crippen LogP contribution < -0.4 is 10.1 Å². The molecule has 1 aliphatic carbocycles. The van der Waals surface area contributed by atoms with Gasteiger partial charge in [0.2, 0.25) is 0 Å². The van der Waals surface area contributed by atoms with Crippen molar-refractivity contribution < 1.29 is 4.74 Å². The van der Waals surface area contributed by atoms with Gasteiger partial charge in [-0.15, -0.1) is 0 Å². The van der Waals surface area contributed by atoms with Crippen molar-refractivity contribution in [3.05, 3.63) is 42.0 Å². The van der Waals surface area contributed by atoms with Gasteiger partial charge in [-0.1, -0.05) is 31.5 Å². The standard InChI is InChI=1S/C18H23NO/c1-3-4-16-11-18(16)19-12-13-5-6-15-10-17(20-2)8-7-14(15)9-13/h5-10,16,18-19H,3-4,11-12H2,1-2H3. The molecule has 2 atom stereocenters. The second-order valence-electron chi connectivity index (χ2n) is 5.82. The van der Waals surface area contributed by atoms with Gasteiger partial charge in [-0.25, -0.2) is 0 Å². The van der Waals surface area contributed by atoms with Crippen LogP contribution in [0.25, 0.3) is 10.8 Å². The SMILES string of the molecule is CCCC1CC1NCc1ccc2cc(OC)ccc2c1. The molecule has 0 saturated heterocycles. The van der Waals surface area contributed by atoms with Gasteiger partial charge < -0.3 is 10.1 Å². The first-order chi connectivity index (χ1) is 9.80. The van der Waals surface area contributed by atoms with Crippen molar-refractivity contribution in [3.8, 4) is 5.75 Å². The third-order valence-corrected chi connectivity index (χ3v) is 4.26. The van der Waals surface area contributed by atoms with E-state index in [2.05, 4.69) is 42.6 Å². The van der Waals surface area contributed by atoms with Crippen LogP contribution in [0.15, 0.2) is 36.4 Å². The first-order valence-corrected chi connectivity index (χ1v) is 7.60. The smallest absolute Gasteiger partial charge is 0.119 e. The van der Waals surface area contributed by atoms with Crippen LogP contribution in [0.1, 0.15) is 31.7 Å². The Morgan fingerprint density at radius 3 is 2.75 bits per heavy atom. The average Bonchev–Trinajstić information content (AvgIpc) is 3.23. The number of fused-ring (bicyclic) bond motifs is 1. The summed E-state index contributed by atoms with van der Waals surface area (Å²) < 4.78 is 5.26. The van der Waals surface area contributed by atoms with Gasteiger partial charge in [0.25, 0.3) is 0 Å². The molecule has 0 aromatic heterocycles. The topological polar surface area (TPSA) is 21.3 Å². The van der Waals surface area contributed by atoms with E-state index >= 15 is 0 Å². The molecule has 3 rings (SSSR count). The maximum atomic E-state index is 5.26. The zero-order chi connectivity index (χ0) is 13.9. The van der Waals surface area contributed by atoms with E-state index in [0.717, 1.165) is 24.3 Å². The number of hydrogen-bond donors (Lipinski definition) is 1. The highest BCUT2D eigenvalue weighted by Gasteiger charge is 2.35. The van der Waals surface area contributed by atoms with Gasteiger partial charge in [0.15, 0.2) is 0 Å². The zero-order valence-corrected chi connectivity index (χ0v) is 12.4. The summed E-state index contributed by atoms with van der Waals surface area (Å²) in [6, 6.07) is 13.7. The summed E-state index contributed by atoms with van der Waals surface area (Å²) >= 11 is 0. The van der Waals surface area contributed by atoms with E-state index in [9.17, 15) is 0 Å². The van der Waals surface area contributed by atoms with Gasteiger partial charge in [0, 0.05) is 12.6 Å². The van der Waals surface area contributed by atoms with Crippen LogP contribution in [0, 0.1) is 5.92 Å². The predicted molar refractivity (Wildman–Crippen MR) is 84.1 cm³/mol. The Hall–Kier alpha value is -1.54. The fourth-order valence-corrected chi connectivity index (χ4v) is 2.95. The molecule has 0 heterocycles. The molecule has 2 aromatic rings. The van der Waals surface area contributed by atoms with Gasteiger partial charge in [-0.3, -0.25) is 0 Å². The fourth-order valence-electron chi connectivity index (χ4n) is 2.95. The summed E-state index contributed by atoms with van der Waals surface area (Å²) in [4.78, 5) is 0. The van der Waals surface area contributed by atoms with Gasteiger partial charge in [-0.05, 0) is 53.3 Å². The molecule has 0 spiro atoms. The Morgan fingerprint density at radius 2 is 1.95 bits per heavy atom. The molecular weight excluding hydrogens is 246 g/mol. The molecule has 20 heavy (non-hydrogen) atoms. The number of methoxy groups -OCH3 is 1. The summed E-state index contributed by atoms with van der Waals surface area (Å²) in [5.74, 6) is 1.84. The lowest BCUT2D eigenvalue weighted by Crippen LogP contribution is -2.17. The highest BCUT2D eigenvalue weighted by atomic mass is 16.5. The van der Waals surface area contributed by atoms with Crippen LogP contribution in [0.4, 0.5) is 0 Å². The summed E-state index contributed by atoms with van der Waals surface area (Å²) in [5.41, 5.74) is 1.37. The van der Waals surface area contributed by atoms with E-state index in [-0.39, 0.29) is 0 Å². The van der Waals surface area contributed by atoms with Gasteiger partial charge in [-0.2, -0.15) is 0 Å². The maximum absolute atomic E-state index is 5.26. The molecule has 0 radical (unpaired) electrons. The molecule has 1 fully saturated rings. The summed E-state index contributed by atoms with van der Waals surface area (Å²) in [7, 11) is 1.71. The number of ether oxygens (including phenoxy) is 1. The first-order valence-electron chi connectivity index (χ1n) is 7.60. The van der Waals surface area contributed by atoms with Crippen molar-refractivity contribution in [1.29, 1.82) is 0 Å². The van der Waals surface area contributed by atoms with E-state index in [0.29, 0.717) is 0 Å². The largest absolute Gasteiger partial charge is 0.497 e. The molecule has 1 N–H and O–H groups in total. The lowest BCUT2D eigenvalue weighted by molar-refractivity contribution is 0.415. The van der Waals surface area contributed by atoms with Gasteiger partial charge >= 0.3 is 0 Å². The molecule has 0 amide bonds. The number of nitrogens with one attached hydrogen (secondary N) is 1. The van der Waals surface area contributed by atoms with E-state index < -0.39 is 0 Å². The molecular formula is C18H23NO. The molecule has 2 heteroatoms. The average molecular weight is 269 g/mol. The third-order valence-electron chi connectivity index (χ3n) is 4.26. The molecule has 106 valence electrons. The summed E-state index contributed by atoms with van der Waals surface area (Å²) in [6.07, 6.45) is 4.04. The van der Waals surface area contributed by atoms with Crippen LogP contribution in [-0.4, -0.2) is 13.2 Å². The van der Waals surface area contributed by atoms with Crippen LogP contribution >= 0.6 is 0 Å². The summed E-state index contributed by atoms with van der Waals surface area (Å²) in [5, 5.41) is 6.19. The Morgan fingerprint density at radius 1 is 1.15 bits per heavy atom. The van der Waals surface area contributed by atoms with Crippen molar-refractivity contribution in [3.63, 3.8) is 0 Å². The van der Waals surface area contributed by atoms with E-state index in [1.54, 1.807) is 7.11 Å². The lowest BCUT2D eigenvalue weighted by atomic mass is 10.1. The van der Waals surface area contributed by atoms with Crippen molar-refractivity contribution >= 4 is 10.8 Å². The number of rotatable bonds is 6. The number of benzene rings is 2. The van der Waals surface area contributed by atoms with E-state index in [1.165, 1.54) is 35.6 Å². The van der Waals surface area contributed by atoms with Crippen LogP contribution in [0.2, 0.25) is 0 Å². The van der Waals surface area contributed by atoms with Gasteiger partial charge in [0.05, 0.1) is 7.11 Å². The molecule has 2 aromatic carbocycles. The van der Waals surface area contributed by atoms with E-state index in [4.69, 9.17) is 4.74 Å². The monoisotopic (exact) mass is 269 g/mol. The lowest BCUT2D eigenvalue weighted by Gasteiger charge is -2.07. The second-order valence-corrected chi connectivity index (χ2v) is 5.82. The Bertz CT molecular complexity index is 593. The van der Waals surface area contributed by atoms with Gasteiger partial charge in [0.1, 0.15) is 5.75 Å². The Kier molecular flexibility index (Phi) is 3.93. The van der Waals surface area contributed by atoms with Crippen molar-refractivity contribution in [2.75, 3.05) is 7.11 Å². The number of hydrogen-bond acceptors (Lipinski definition) is 2. The molecule has 1 saturated carbocycles. The predicted octanol–water partition coefficient (Wildman–Crippen LogP) is 4.13. The minimum atomic E-state index is 0.751. The summed E-state index contributed by atoms with van der Waals surface area (Å²) in [6.45, 7) is 3.25.